The summed E-state index contributed by atoms with van der Waals surface area (Å²) in [6, 6.07) is 2.00. The van der Waals surface area contributed by atoms with Crippen LogP contribution in [0.15, 0.2) is 11.4 Å². The number of hydrogen-bond acceptors (Lipinski definition) is 5. The molecule has 1 saturated carbocycles. The standard InChI is InChI=1S/C14H17N3OS2/c18-12(14-5-2-1-3-9(14)7-15-8-14)17-13-16-10-4-6-19-11(10)20-13/h4,6,9,15H,1-3,5,7-8H2,(H,16,17,18)/t9-,14+/m0/s1. The Balaban J connectivity index is 1.58. The fraction of sp³-hybridized carbons (Fsp3) is 0.571. The Hall–Kier alpha value is -0.980. The molecular formula is C14H17N3OS2. The zero-order chi connectivity index (χ0) is 13.6. The van der Waals surface area contributed by atoms with E-state index in [4.69, 9.17) is 0 Å². The number of nitrogens with one attached hydrogen (secondary N) is 2. The predicted molar refractivity (Wildman–Crippen MR) is 83.4 cm³/mol. The third kappa shape index (κ3) is 1.89. The number of nitrogens with zero attached hydrogens (tertiary/aromatic N) is 1. The highest BCUT2D eigenvalue weighted by molar-refractivity contribution is 7.39. The van der Waals surface area contributed by atoms with Crippen LogP contribution in [0.4, 0.5) is 5.13 Å². The highest BCUT2D eigenvalue weighted by Gasteiger charge is 2.49. The maximum Gasteiger partial charge on any atom is 0.233 e. The number of hydrogen-bond donors (Lipinski definition) is 2. The molecule has 2 fully saturated rings. The number of carbonyl (C=O) groups is 1. The van der Waals surface area contributed by atoms with Crippen molar-refractivity contribution in [1.82, 2.24) is 10.3 Å². The molecule has 1 aliphatic heterocycles. The summed E-state index contributed by atoms with van der Waals surface area (Å²) in [4.78, 5) is 17.3. The van der Waals surface area contributed by atoms with Crippen molar-refractivity contribution in [3.05, 3.63) is 11.4 Å². The lowest BCUT2D eigenvalue weighted by Crippen LogP contribution is -2.44. The van der Waals surface area contributed by atoms with Crippen molar-refractivity contribution in [3.8, 4) is 0 Å². The van der Waals surface area contributed by atoms with Gasteiger partial charge in [0, 0.05) is 6.54 Å². The first kappa shape index (κ1) is 12.7. The van der Waals surface area contributed by atoms with Crippen LogP contribution >= 0.6 is 22.7 Å². The molecule has 0 unspecified atom stereocenters. The van der Waals surface area contributed by atoms with Crippen LogP contribution in [0.3, 0.4) is 0 Å². The summed E-state index contributed by atoms with van der Waals surface area (Å²) < 4.78 is 1.18. The van der Waals surface area contributed by atoms with E-state index in [2.05, 4.69) is 15.6 Å². The Bertz CT molecular complexity index is 621. The van der Waals surface area contributed by atoms with Crippen molar-refractivity contribution < 1.29 is 4.79 Å². The number of amides is 1. The minimum Gasteiger partial charge on any atom is -0.315 e. The maximum atomic E-state index is 12.8. The Morgan fingerprint density at radius 1 is 1.50 bits per heavy atom. The zero-order valence-electron chi connectivity index (χ0n) is 11.1. The van der Waals surface area contributed by atoms with Gasteiger partial charge in [-0.3, -0.25) is 4.79 Å². The van der Waals surface area contributed by atoms with Crippen LogP contribution in [0.2, 0.25) is 0 Å². The molecule has 4 nitrogen and oxygen atoms in total. The molecular weight excluding hydrogens is 290 g/mol. The van der Waals surface area contributed by atoms with Crippen LogP contribution in [0, 0.1) is 11.3 Å². The molecule has 1 saturated heterocycles. The molecule has 2 aromatic heterocycles. The van der Waals surface area contributed by atoms with Crippen LogP contribution < -0.4 is 10.6 Å². The van der Waals surface area contributed by atoms with Gasteiger partial charge in [-0.1, -0.05) is 24.2 Å². The van der Waals surface area contributed by atoms with E-state index in [1.807, 2.05) is 11.4 Å². The second kappa shape index (κ2) is 4.79. The van der Waals surface area contributed by atoms with Gasteiger partial charge in [0.25, 0.3) is 0 Å². The fourth-order valence-electron chi connectivity index (χ4n) is 3.63. The molecule has 4 rings (SSSR count). The van der Waals surface area contributed by atoms with Crippen LogP contribution in [-0.2, 0) is 4.79 Å². The first-order valence-corrected chi connectivity index (χ1v) is 8.84. The molecule has 1 amide bonds. The normalized spacial score (nSPS) is 29.5. The van der Waals surface area contributed by atoms with E-state index in [-0.39, 0.29) is 11.3 Å². The lowest BCUT2D eigenvalue weighted by molar-refractivity contribution is -0.128. The number of rotatable bonds is 2. The molecule has 0 bridgehead atoms. The van der Waals surface area contributed by atoms with E-state index >= 15 is 0 Å². The van der Waals surface area contributed by atoms with Gasteiger partial charge >= 0.3 is 0 Å². The SMILES string of the molecule is O=C(Nc1nc2ccsc2s1)[C@@]12CCCC[C@H]1CNC2. The molecule has 2 N–H and O–H groups in total. The van der Waals surface area contributed by atoms with Gasteiger partial charge in [-0.05, 0) is 36.8 Å². The molecule has 1 aliphatic carbocycles. The lowest BCUT2D eigenvalue weighted by atomic mass is 9.68. The van der Waals surface area contributed by atoms with Crippen molar-refractivity contribution >= 4 is 43.2 Å². The van der Waals surface area contributed by atoms with Gasteiger partial charge in [0.2, 0.25) is 5.91 Å². The Morgan fingerprint density at radius 2 is 2.45 bits per heavy atom. The van der Waals surface area contributed by atoms with Crippen LogP contribution in [0.5, 0.6) is 0 Å². The Kier molecular flexibility index (Phi) is 3.05. The molecule has 2 atom stereocenters. The second-order valence-corrected chi connectivity index (χ2v) is 7.97. The number of aromatic nitrogens is 1. The summed E-state index contributed by atoms with van der Waals surface area (Å²) in [5.74, 6) is 0.672. The second-order valence-electron chi connectivity index (χ2n) is 5.80. The summed E-state index contributed by atoms with van der Waals surface area (Å²) >= 11 is 3.26. The number of carbonyl (C=O) groups excluding carboxylic acids is 1. The minimum atomic E-state index is -0.197. The molecule has 2 aromatic rings. The van der Waals surface area contributed by atoms with Crippen LogP contribution in [-0.4, -0.2) is 24.0 Å². The third-order valence-corrected chi connectivity index (χ3v) is 6.75. The van der Waals surface area contributed by atoms with E-state index in [1.165, 1.54) is 23.3 Å². The fourth-order valence-corrected chi connectivity index (χ4v) is 5.47. The van der Waals surface area contributed by atoms with Gasteiger partial charge in [0.1, 0.15) is 4.01 Å². The molecule has 0 aromatic carbocycles. The Morgan fingerprint density at radius 3 is 3.35 bits per heavy atom. The molecule has 0 radical (unpaired) electrons. The van der Waals surface area contributed by atoms with E-state index in [0.29, 0.717) is 5.92 Å². The summed E-state index contributed by atoms with van der Waals surface area (Å²) in [5, 5.41) is 9.29. The van der Waals surface area contributed by atoms with Crippen LogP contribution in [0.25, 0.3) is 9.53 Å². The number of thiophene rings is 1. The average Bonchev–Trinajstić information content (AvgIpc) is 3.11. The van der Waals surface area contributed by atoms with E-state index in [9.17, 15) is 4.79 Å². The maximum absolute atomic E-state index is 12.8. The van der Waals surface area contributed by atoms with Gasteiger partial charge in [0.15, 0.2) is 5.13 Å². The van der Waals surface area contributed by atoms with E-state index in [1.54, 1.807) is 22.7 Å². The molecule has 20 heavy (non-hydrogen) atoms. The predicted octanol–water partition coefficient (Wildman–Crippen LogP) is 3.08. The highest BCUT2D eigenvalue weighted by Crippen LogP contribution is 2.44. The van der Waals surface area contributed by atoms with Crippen molar-refractivity contribution in [2.75, 3.05) is 18.4 Å². The lowest BCUT2D eigenvalue weighted by Gasteiger charge is -2.36. The van der Waals surface area contributed by atoms with E-state index in [0.717, 1.165) is 30.2 Å². The first-order valence-electron chi connectivity index (χ1n) is 7.14. The van der Waals surface area contributed by atoms with Crippen molar-refractivity contribution in [2.24, 2.45) is 11.3 Å². The molecule has 2 aliphatic rings. The third-order valence-electron chi connectivity index (χ3n) is 4.73. The number of anilines is 1. The smallest absolute Gasteiger partial charge is 0.233 e. The van der Waals surface area contributed by atoms with Crippen LogP contribution in [0.1, 0.15) is 25.7 Å². The van der Waals surface area contributed by atoms with Gasteiger partial charge in [-0.2, -0.15) is 0 Å². The summed E-state index contributed by atoms with van der Waals surface area (Å²) in [6.07, 6.45) is 4.61. The number of fused-ring (bicyclic) bond motifs is 2. The monoisotopic (exact) mass is 307 g/mol. The molecule has 3 heterocycles. The molecule has 6 heteroatoms. The first-order chi connectivity index (χ1) is 9.78. The molecule has 0 spiro atoms. The number of thiazole rings is 1. The van der Waals surface area contributed by atoms with Crippen molar-refractivity contribution in [3.63, 3.8) is 0 Å². The molecule has 106 valence electrons. The van der Waals surface area contributed by atoms with Gasteiger partial charge in [-0.15, -0.1) is 11.3 Å². The summed E-state index contributed by atoms with van der Waals surface area (Å²) in [5.41, 5.74) is 0.801. The highest BCUT2D eigenvalue weighted by atomic mass is 32.2. The average molecular weight is 307 g/mol. The zero-order valence-corrected chi connectivity index (χ0v) is 12.8. The van der Waals surface area contributed by atoms with Gasteiger partial charge < -0.3 is 10.6 Å². The minimum absolute atomic E-state index is 0.175. The van der Waals surface area contributed by atoms with Gasteiger partial charge in [-0.25, -0.2) is 4.98 Å². The largest absolute Gasteiger partial charge is 0.315 e. The quantitative estimate of drug-likeness (QED) is 0.896. The summed E-state index contributed by atoms with van der Waals surface area (Å²) in [6.45, 7) is 1.81. The topological polar surface area (TPSA) is 54.0 Å². The van der Waals surface area contributed by atoms with Crippen molar-refractivity contribution in [2.45, 2.75) is 25.7 Å². The van der Waals surface area contributed by atoms with Gasteiger partial charge in [0.05, 0.1) is 10.9 Å². The van der Waals surface area contributed by atoms with Crippen molar-refractivity contribution in [1.29, 1.82) is 0 Å². The van der Waals surface area contributed by atoms with E-state index < -0.39 is 0 Å². The Labute approximate surface area is 125 Å². The summed E-state index contributed by atoms with van der Waals surface area (Å²) in [7, 11) is 0.